The van der Waals surface area contributed by atoms with Crippen LogP contribution in [-0.4, -0.2) is 9.97 Å². The summed E-state index contributed by atoms with van der Waals surface area (Å²) in [4.78, 5) is 56.2. The van der Waals surface area contributed by atoms with Crippen LogP contribution in [0.2, 0.25) is 0 Å². The lowest BCUT2D eigenvalue weighted by atomic mass is 10.0. The average molecular weight is 290 g/mol. The van der Waals surface area contributed by atoms with E-state index in [1.165, 1.54) is 0 Å². The molecule has 1 heterocycles. The molecule has 6 heteroatoms. The van der Waals surface area contributed by atoms with Crippen molar-refractivity contribution in [3.05, 3.63) is 77.3 Å². The van der Waals surface area contributed by atoms with Crippen LogP contribution in [-0.2, 0) is 0 Å². The molecule has 0 saturated heterocycles. The maximum absolute atomic E-state index is 12.5. The van der Waals surface area contributed by atoms with Gasteiger partial charge in [-0.05, 0) is 12.1 Å². The molecule has 2 aromatic rings. The van der Waals surface area contributed by atoms with Gasteiger partial charge in [0.2, 0.25) is 21.7 Å². The van der Waals surface area contributed by atoms with Gasteiger partial charge in [-0.2, -0.15) is 0 Å². The molecule has 0 radical (unpaired) electrons. The highest BCUT2D eigenvalue weighted by Crippen LogP contribution is 2.16. The van der Waals surface area contributed by atoms with E-state index in [1.54, 1.807) is 24.3 Å². The van der Waals surface area contributed by atoms with Crippen molar-refractivity contribution in [3.8, 4) is 11.1 Å². The predicted octanol–water partition coefficient (Wildman–Crippen LogP) is 0.204. The zero-order valence-corrected chi connectivity index (χ0v) is 11.0. The van der Waals surface area contributed by atoms with E-state index in [0.29, 0.717) is 11.0 Å². The van der Waals surface area contributed by atoms with E-state index in [0.717, 1.165) is 12.1 Å². The molecule has 0 aliphatic heterocycles. The van der Waals surface area contributed by atoms with Crippen molar-refractivity contribution >= 4 is 22.1 Å². The van der Waals surface area contributed by atoms with Gasteiger partial charge in [-0.15, -0.1) is 0 Å². The predicted molar refractivity (Wildman–Crippen MR) is 81.1 cm³/mol. The van der Waals surface area contributed by atoms with Gasteiger partial charge in [-0.1, -0.05) is 12.1 Å². The molecule has 4 rings (SSSR count). The van der Waals surface area contributed by atoms with Gasteiger partial charge < -0.3 is 0 Å². The summed E-state index contributed by atoms with van der Waals surface area (Å²) in [6, 6.07) is 8.64. The number of nitrogens with zero attached hydrogens (tertiary/aromatic N) is 2. The van der Waals surface area contributed by atoms with Gasteiger partial charge in [0.1, 0.15) is 11.0 Å². The first kappa shape index (κ1) is 12.5. The van der Waals surface area contributed by atoms with Crippen LogP contribution < -0.4 is 21.7 Å². The van der Waals surface area contributed by atoms with Crippen LogP contribution in [0.15, 0.2) is 55.6 Å². The van der Waals surface area contributed by atoms with E-state index < -0.39 is 21.7 Å². The maximum atomic E-state index is 12.5. The van der Waals surface area contributed by atoms with Gasteiger partial charge in [0, 0.05) is 23.3 Å². The summed E-state index contributed by atoms with van der Waals surface area (Å²) in [7, 11) is 0. The molecule has 0 atom stereocenters. The molecule has 0 N–H and O–H groups in total. The van der Waals surface area contributed by atoms with Crippen LogP contribution in [0.1, 0.15) is 0 Å². The number of fused-ring (bicyclic) bond motifs is 3. The van der Waals surface area contributed by atoms with E-state index in [-0.39, 0.29) is 22.2 Å². The maximum Gasteiger partial charge on any atom is 0.226 e. The second-order valence-corrected chi connectivity index (χ2v) is 4.91. The Morgan fingerprint density at radius 3 is 1.45 bits per heavy atom. The molecule has 0 amide bonds. The van der Waals surface area contributed by atoms with Crippen molar-refractivity contribution in [1.82, 2.24) is 9.97 Å². The van der Waals surface area contributed by atoms with Gasteiger partial charge in [-0.25, -0.2) is 9.97 Å². The SMILES string of the molecule is O=c1cc2c(=O)c3nc4ccccc4nc3c(=O)c-2cc1=O. The first-order valence-electron chi connectivity index (χ1n) is 6.44. The second-order valence-electron chi connectivity index (χ2n) is 4.91. The van der Waals surface area contributed by atoms with Crippen LogP contribution in [0.3, 0.4) is 0 Å². The zero-order chi connectivity index (χ0) is 15.4. The molecular weight excluding hydrogens is 284 g/mol. The Morgan fingerprint density at radius 1 is 0.636 bits per heavy atom. The molecule has 2 aliphatic carbocycles. The topological polar surface area (TPSA) is 94.1 Å². The van der Waals surface area contributed by atoms with E-state index in [4.69, 9.17) is 0 Å². The highest BCUT2D eigenvalue weighted by atomic mass is 16.2. The van der Waals surface area contributed by atoms with Crippen molar-refractivity contribution in [2.75, 3.05) is 0 Å². The number of hydrogen-bond acceptors (Lipinski definition) is 6. The molecule has 104 valence electrons. The number of para-hydroxylation sites is 2. The lowest BCUT2D eigenvalue weighted by molar-refractivity contribution is 1.34. The van der Waals surface area contributed by atoms with E-state index in [1.807, 2.05) is 0 Å². The summed E-state index contributed by atoms with van der Waals surface area (Å²) in [5, 5.41) is 0. The first-order valence-corrected chi connectivity index (χ1v) is 6.44. The quantitative estimate of drug-likeness (QED) is 0.339. The summed E-state index contributed by atoms with van der Waals surface area (Å²) in [5.74, 6) is 0. The van der Waals surface area contributed by atoms with E-state index in [2.05, 4.69) is 9.97 Å². The van der Waals surface area contributed by atoms with Gasteiger partial charge in [0.25, 0.3) is 0 Å². The lowest BCUT2D eigenvalue weighted by Gasteiger charge is -2.04. The van der Waals surface area contributed by atoms with Crippen LogP contribution in [0, 0.1) is 0 Å². The Balaban J connectivity index is 2.37. The molecule has 1 aromatic heterocycles. The zero-order valence-electron chi connectivity index (χ0n) is 11.0. The molecule has 6 nitrogen and oxygen atoms in total. The second kappa shape index (κ2) is 4.11. The minimum atomic E-state index is -0.822. The average Bonchev–Trinajstić information content (AvgIpc) is 2.53. The molecule has 0 saturated carbocycles. The van der Waals surface area contributed by atoms with Crippen LogP contribution in [0.25, 0.3) is 33.2 Å². The Hall–Kier alpha value is -3.28. The molecule has 0 spiro atoms. The lowest BCUT2D eigenvalue weighted by Crippen LogP contribution is -2.29. The van der Waals surface area contributed by atoms with Gasteiger partial charge in [0.05, 0.1) is 11.0 Å². The minimum Gasteiger partial charge on any atom is -0.287 e. The minimum absolute atomic E-state index is 0.0887. The molecule has 0 unspecified atom stereocenters. The number of aromatic nitrogens is 2. The van der Waals surface area contributed by atoms with Gasteiger partial charge in [-0.3, -0.25) is 19.2 Å². The normalized spacial score (nSPS) is 11.5. The summed E-state index contributed by atoms with van der Waals surface area (Å²) in [5.41, 5.74) is -2.18. The largest absolute Gasteiger partial charge is 0.287 e. The highest BCUT2D eigenvalue weighted by Gasteiger charge is 2.20. The Labute approximate surface area is 121 Å². The summed E-state index contributed by atoms with van der Waals surface area (Å²) < 4.78 is 0. The smallest absolute Gasteiger partial charge is 0.226 e. The summed E-state index contributed by atoms with van der Waals surface area (Å²) in [6.07, 6.45) is 0. The standard InChI is InChI=1S/C16H6N2O4/c19-11-5-7-8(6-12(11)20)16(22)14-13(15(7)21)17-9-3-1-2-4-10(9)18-14/h1-6H. The van der Waals surface area contributed by atoms with Crippen molar-refractivity contribution in [2.45, 2.75) is 0 Å². The van der Waals surface area contributed by atoms with E-state index in [9.17, 15) is 19.2 Å². The molecule has 1 aromatic carbocycles. The van der Waals surface area contributed by atoms with Gasteiger partial charge >= 0.3 is 0 Å². The van der Waals surface area contributed by atoms with Crippen LogP contribution >= 0.6 is 0 Å². The molecule has 0 fully saturated rings. The third-order valence-electron chi connectivity index (χ3n) is 3.57. The molecule has 22 heavy (non-hydrogen) atoms. The Bertz CT molecular complexity index is 1160. The first-order chi connectivity index (χ1) is 10.6. The van der Waals surface area contributed by atoms with Crippen molar-refractivity contribution in [2.24, 2.45) is 0 Å². The van der Waals surface area contributed by atoms with Crippen molar-refractivity contribution < 1.29 is 0 Å². The van der Waals surface area contributed by atoms with Crippen molar-refractivity contribution in [1.29, 1.82) is 0 Å². The molecule has 2 aliphatic rings. The van der Waals surface area contributed by atoms with Crippen molar-refractivity contribution in [3.63, 3.8) is 0 Å². The summed E-state index contributed by atoms with van der Waals surface area (Å²) >= 11 is 0. The fourth-order valence-corrected chi connectivity index (χ4v) is 2.51. The van der Waals surface area contributed by atoms with Gasteiger partial charge in [0.15, 0.2) is 0 Å². The fraction of sp³-hybridized carbons (Fsp3) is 0. The number of rotatable bonds is 0. The van der Waals surface area contributed by atoms with E-state index >= 15 is 0 Å². The monoisotopic (exact) mass is 290 g/mol. The fourth-order valence-electron chi connectivity index (χ4n) is 2.51. The third kappa shape index (κ3) is 1.54. The number of benzene rings is 3. The third-order valence-corrected chi connectivity index (χ3v) is 3.57. The molecule has 0 bridgehead atoms. The summed E-state index contributed by atoms with van der Waals surface area (Å²) in [6.45, 7) is 0. The molecular formula is C16H6N2O4. The Morgan fingerprint density at radius 2 is 1.05 bits per heavy atom. The highest BCUT2D eigenvalue weighted by molar-refractivity contribution is 5.90. The van der Waals surface area contributed by atoms with Crippen LogP contribution in [0.5, 0.6) is 0 Å². The van der Waals surface area contributed by atoms with Crippen LogP contribution in [0.4, 0.5) is 0 Å². The Kier molecular flexibility index (Phi) is 2.33. The number of hydrogen-bond donors (Lipinski definition) is 0.